The standard InChI is InChI=1S/C22H32N2O2/c1-4-15-25-21-10-8-19(9-11-21)23-13-14-24-20-6-5-7-22(17-20)26-16-12-18(2)3/h5-11,17-18,23-24H,4,12-16H2,1-3H3. The number of hydrogen-bond acceptors (Lipinski definition) is 4. The number of nitrogens with one attached hydrogen (secondary N) is 2. The molecular weight excluding hydrogens is 324 g/mol. The molecule has 0 aliphatic rings. The first-order valence-electron chi connectivity index (χ1n) is 9.61. The van der Waals surface area contributed by atoms with Gasteiger partial charge in [-0.3, -0.25) is 0 Å². The second-order valence-corrected chi connectivity index (χ2v) is 6.79. The minimum absolute atomic E-state index is 0.662. The second kappa shape index (κ2) is 11.3. The molecular formula is C22H32N2O2. The van der Waals surface area contributed by atoms with Gasteiger partial charge in [0.1, 0.15) is 11.5 Å². The van der Waals surface area contributed by atoms with Gasteiger partial charge < -0.3 is 20.1 Å². The summed E-state index contributed by atoms with van der Waals surface area (Å²) in [5.41, 5.74) is 2.18. The van der Waals surface area contributed by atoms with Crippen LogP contribution in [-0.2, 0) is 0 Å². The Morgan fingerprint density at radius 2 is 1.50 bits per heavy atom. The molecule has 142 valence electrons. The van der Waals surface area contributed by atoms with Crippen molar-refractivity contribution in [3.05, 3.63) is 48.5 Å². The molecule has 0 unspecified atom stereocenters. The van der Waals surface area contributed by atoms with E-state index in [4.69, 9.17) is 9.47 Å². The van der Waals surface area contributed by atoms with E-state index in [1.807, 2.05) is 36.4 Å². The van der Waals surface area contributed by atoms with E-state index in [1.165, 1.54) is 0 Å². The third kappa shape index (κ3) is 7.68. The van der Waals surface area contributed by atoms with Gasteiger partial charge in [0.15, 0.2) is 0 Å². The molecule has 0 fully saturated rings. The summed E-state index contributed by atoms with van der Waals surface area (Å²) in [5, 5.41) is 6.84. The first-order valence-corrected chi connectivity index (χ1v) is 9.61. The van der Waals surface area contributed by atoms with Crippen LogP contribution in [0.5, 0.6) is 11.5 Å². The van der Waals surface area contributed by atoms with E-state index in [0.717, 1.165) is 62.0 Å². The Balaban J connectivity index is 1.69. The summed E-state index contributed by atoms with van der Waals surface area (Å²) in [6.07, 6.45) is 2.10. The van der Waals surface area contributed by atoms with Crippen LogP contribution < -0.4 is 20.1 Å². The number of ether oxygens (including phenoxy) is 2. The zero-order chi connectivity index (χ0) is 18.6. The summed E-state index contributed by atoms with van der Waals surface area (Å²) >= 11 is 0. The van der Waals surface area contributed by atoms with Gasteiger partial charge in [0.25, 0.3) is 0 Å². The number of hydrogen-bond donors (Lipinski definition) is 2. The molecule has 0 aliphatic carbocycles. The van der Waals surface area contributed by atoms with Crippen LogP contribution in [0.15, 0.2) is 48.5 Å². The molecule has 0 aliphatic heterocycles. The molecule has 2 aromatic carbocycles. The monoisotopic (exact) mass is 356 g/mol. The lowest BCUT2D eigenvalue weighted by Crippen LogP contribution is -2.13. The summed E-state index contributed by atoms with van der Waals surface area (Å²) in [6.45, 7) is 9.73. The molecule has 0 bridgehead atoms. The zero-order valence-corrected chi connectivity index (χ0v) is 16.3. The van der Waals surface area contributed by atoms with Crippen molar-refractivity contribution >= 4 is 11.4 Å². The van der Waals surface area contributed by atoms with Crippen molar-refractivity contribution in [2.45, 2.75) is 33.6 Å². The van der Waals surface area contributed by atoms with Crippen LogP contribution in [0, 0.1) is 5.92 Å². The normalized spacial score (nSPS) is 10.6. The summed E-state index contributed by atoms with van der Waals surface area (Å²) in [5.74, 6) is 2.51. The SMILES string of the molecule is CCCOc1ccc(NCCNc2cccc(OCCC(C)C)c2)cc1. The summed E-state index contributed by atoms with van der Waals surface area (Å²) in [6, 6.07) is 16.3. The Hall–Kier alpha value is -2.36. The van der Waals surface area contributed by atoms with Gasteiger partial charge in [-0.2, -0.15) is 0 Å². The van der Waals surface area contributed by atoms with Crippen LogP contribution >= 0.6 is 0 Å². The molecule has 0 spiro atoms. The van der Waals surface area contributed by atoms with Gasteiger partial charge >= 0.3 is 0 Å². The molecule has 2 aromatic rings. The smallest absolute Gasteiger partial charge is 0.121 e. The molecule has 2 rings (SSSR count). The van der Waals surface area contributed by atoms with Crippen molar-refractivity contribution in [3.63, 3.8) is 0 Å². The van der Waals surface area contributed by atoms with Gasteiger partial charge in [-0.25, -0.2) is 0 Å². The fourth-order valence-corrected chi connectivity index (χ4v) is 2.41. The van der Waals surface area contributed by atoms with Crippen LogP contribution in [-0.4, -0.2) is 26.3 Å². The molecule has 4 nitrogen and oxygen atoms in total. The Labute approximate surface area is 157 Å². The number of anilines is 2. The predicted octanol–water partition coefficient (Wildman–Crippen LogP) is 5.42. The quantitative estimate of drug-likeness (QED) is 0.498. The predicted molar refractivity (Wildman–Crippen MR) is 111 cm³/mol. The van der Waals surface area contributed by atoms with E-state index in [9.17, 15) is 0 Å². The third-order valence-electron chi connectivity index (χ3n) is 3.91. The highest BCUT2D eigenvalue weighted by molar-refractivity contribution is 5.49. The fraction of sp³-hybridized carbons (Fsp3) is 0.455. The Bertz CT molecular complexity index is 626. The van der Waals surface area contributed by atoms with Crippen molar-refractivity contribution < 1.29 is 9.47 Å². The Kier molecular flexibility index (Phi) is 8.67. The van der Waals surface area contributed by atoms with Crippen LogP contribution in [0.4, 0.5) is 11.4 Å². The number of rotatable bonds is 12. The minimum atomic E-state index is 0.662. The number of benzene rings is 2. The van der Waals surface area contributed by atoms with E-state index >= 15 is 0 Å². The average molecular weight is 357 g/mol. The molecule has 0 aromatic heterocycles. The van der Waals surface area contributed by atoms with Crippen molar-refractivity contribution in [2.75, 3.05) is 36.9 Å². The molecule has 0 saturated carbocycles. The van der Waals surface area contributed by atoms with E-state index in [0.29, 0.717) is 5.92 Å². The second-order valence-electron chi connectivity index (χ2n) is 6.79. The molecule has 26 heavy (non-hydrogen) atoms. The van der Waals surface area contributed by atoms with Crippen molar-refractivity contribution in [1.29, 1.82) is 0 Å². The zero-order valence-electron chi connectivity index (χ0n) is 16.3. The topological polar surface area (TPSA) is 42.5 Å². The first kappa shape index (κ1) is 20.0. The van der Waals surface area contributed by atoms with Crippen LogP contribution in [0.25, 0.3) is 0 Å². The maximum absolute atomic E-state index is 5.80. The van der Waals surface area contributed by atoms with Crippen LogP contribution in [0.3, 0.4) is 0 Å². The minimum Gasteiger partial charge on any atom is -0.494 e. The van der Waals surface area contributed by atoms with Gasteiger partial charge in [0.2, 0.25) is 0 Å². The highest BCUT2D eigenvalue weighted by Gasteiger charge is 1.99. The summed E-state index contributed by atoms with van der Waals surface area (Å²) in [7, 11) is 0. The van der Waals surface area contributed by atoms with Crippen LogP contribution in [0.1, 0.15) is 33.6 Å². The molecule has 4 heteroatoms. The van der Waals surface area contributed by atoms with Crippen molar-refractivity contribution in [2.24, 2.45) is 5.92 Å². The first-order chi connectivity index (χ1) is 12.7. The summed E-state index contributed by atoms with van der Waals surface area (Å²) in [4.78, 5) is 0. The van der Waals surface area contributed by atoms with Gasteiger partial charge in [0.05, 0.1) is 13.2 Å². The lowest BCUT2D eigenvalue weighted by molar-refractivity contribution is 0.289. The average Bonchev–Trinajstić information content (AvgIpc) is 2.64. The molecule has 2 N–H and O–H groups in total. The van der Waals surface area contributed by atoms with E-state index in [1.54, 1.807) is 0 Å². The molecule has 0 atom stereocenters. The van der Waals surface area contributed by atoms with Gasteiger partial charge in [-0.15, -0.1) is 0 Å². The summed E-state index contributed by atoms with van der Waals surface area (Å²) < 4.78 is 11.4. The fourth-order valence-electron chi connectivity index (χ4n) is 2.41. The van der Waals surface area contributed by atoms with Gasteiger partial charge in [0, 0.05) is 30.5 Å². The van der Waals surface area contributed by atoms with Crippen LogP contribution in [0.2, 0.25) is 0 Å². The maximum Gasteiger partial charge on any atom is 0.121 e. The maximum atomic E-state index is 5.80. The van der Waals surface area contributed by atoms with E-state index in [-0.39, 0.29) is 0 Å². The largest absolute Gasteiger partial charge is 0.494 e. The Morgan fingerprint density at radius 3 is 2.19 bits per heavy atom. The van der Waals surface area contributed by atoms with E-state index in [2.05, 4.69) is 43.5 Å². The molecule has 0 heterocycles. The van der Waals surface area contributed by atoms with Crippen molar-refractivity contribution in [3.8, 4) is 11.5 Å². The highest BCUT2D eigenvalue weighted by Crippen LogP contribution is 2.18. The lowest BCUT2D eigenvalue weighted by atomic mass is 10.1. The lowest BCUT2D eigenvalue weighted by Gasteiger charge is -2.12. The highest BCUT2D eigenvalue weighted by atomic mass is 16.5. The third-order valence-corrected chi connectivity index (χ3v) is 3.91. The van der Waals surface area contributed by atoms with Gasteiger partial charge in [-0.05, 0) is 55.2 Å². The molecule has 0 amide bonds. The van der Waals surface area contributed by atoms with E-state index < -0.39 is 0 Å². The van der Waals surface area contributed by atoms with Crippen molar-refractivity contribution in [1.82, 2.24) is 0 Å². The molecule has 0 radical (unpaired) electrons. The Morgan fingerprint density at radius 1 is 0.808 bits per heavy atom. The van der Waals surface area contributed by atoms with Gasteiger partial charge in [-0.1, -0.05) is 26.8 Å². The molecule has 0 saturated heterocycles.